The van der Waals surface area contributed by atoms with Crippen molar-refractivity contribution in [2.45, 2.75) is 12.5 Å². The normalized spacial score (nSPS) is 14.5. The number of nitrogens with zero attached hydrogens (tertiary/aromatic N) is 2. The van der Waals surface area contributed by atoms with Crippen LogP contribution in [0.5, 0.6) is 17.4 Å². The molecule has 5 rings (SSSR count). The minimum atomic E-state index is -0.197. The Bertz CT molecular complexity index is 1230. The van der Waals surface area contributed by atoms with Crippen molar-refractivity contribution in [3.8, 4) is 17.4 Å². The van der Waals surface area contributed by atoms with Crippen molar-refractivity contribution in [2.24, 2.45) is 0 Å². The Balaban J connectivity index is 1.68. The zero-order valence-electron chi connectivity index (χ0n) is 16.0. The number of ether oxygens (including phenoxy) is 1. The Morgan fingerprint density at radius 1 is 1.03 bits per heavy atom. The lowest BCUT2D eigenvalue weighted by Crippen LogP contribution is -2.40. The van der Waals surface area contributed by atoms with Gasteiger partial charge in [0, 0.05) is 16.7 Å². The number of fused-ring (bicyclic) bond motifs is 2. The standard InChI is InChI=1S/C24H18ClN3O2/c25-17-8-6-16(7-9-17)21-19-11-10-18(29)12-20(19)30-24-22(21)23(26)28(14-27-24)13-15-4-2-1-3-5-15/h1-12,14,21,26,29H,13H2/p+1/t21-/m1/s1. The van der Waals surface area contributed by atoms with Gasteiger partial charge in [0.15, 0.2) is 0 Å². The Labute approximate surface area is 179 Å². The summed E-state index contributed by atoms with van der Waals surface area (Å²) in [6.45, 7) is 0.600. The fraction of sp³-hybridized carbons (Fsp3) is 0.0833. The number of hydrogen-bond acceptors (Lipinski definition) is 4. The molecule has 0 fully saturated rings. The van der Waals surface area contributed by atoms with Crippen molar-refractivity contribution < 1.29 is 14.4 Å². The van der Waals surface area contributed by atoms with Gasteiger partial charge in [-0.1, -0.05) is 65.1 Å². The van der Waals surface area contributed by atoms with E-state index in [9.17, 15) is 5.11 Å². The maximum Gasteiger partial charge on any atom is 0.306 e. The molecule has 0 saturated carbocycles. The van der Waals surface area contributed by atoms with Gasteiger partial charge in [0.05, 0.1) is 12.5 Å². The van der Waals surface area contributed by atoms with E-state index in [0.717, 1.165) is 22.3 Å². The molecule has 0 bridgehead atoms. The molecule has 3 aromatic carbocycles. The SMILES string of the molecule is Nc1c2c(nc[n+]1Cc1ccccc1)Oc1cc(O)ccc1[C@H]2c1ccc(Cl)cc1. The zero-order chi connectivity index (χ0) is 20.7. The lowest BCUT2D eigenvalue weighted by Gasteiger charge is -2.27. The van der Waals surface area contributed by atoms with Gasteiger partial charge in [-0.15, -0.1) is 0 Å². The van der Waals surface area contributed by atoms with Gasteiger partial charge >= 0.3 is 5.88 Å². The third kappa shape index (κ3) is 3.23. The number of aromatic nitrogens is 2. The largest absolute Gasteiger partial charge is 0.508 e. The van der Waals surface area contributed by atoms with Crippen LogP contribution in [0.3, 0.4) is 0 Å². The van der Waals surface area contributed by atoms with E-state index in [0.29, 0.717) is 29.0 Å². The minimum absolute atomic E-state index is 0.134. The van der Waals surface area contributed by atoms with E-state index in [4.69, 9.17) is 22.1 Å². The van der Waals surface area contributed by atoms with Crippen LogP contribution >= 0.6 is 11.6 Å². The molecule has 1 aliphatic rings. The van der Waals surface area contributed by atoms with Crippen LogP contribution in [-0.4, -0.2) is 10.1 Å². The Morgan fingerprint density at radius 3 is 2.57 bits per heavy atom. The molecule has 0 unspecified atom stereocenters. The highest BCUT2D eigenvalue weighted by atomic mass is 35.5. The van der Waals surface area contributed by atoms with Crippen molar-refractivity contribution in [3.05, 3.63) is 106 Å². The first-order chi connectivity index (χ1) is 14.6. The Morgan fingerprint density at radius 2 is 1.80 bits per heavy atom. The number of benzene rings is 3. The van der Waals surface area contributed by atoms with Gasteiger partial charge in [-0.3, -0.25) is 0 Å². The summed E-state index contributed by atoms with van der Waals surface area (Å²) in [7, 11) is 0. The monoisotopic (exact) mass is 416 g/mol. The van der Waals surface area contributed by atoms with E-state index in [2.05, 4.69) is 17.1 Å². The highest BCUT2D eigenvalue weighted by Gasteiger charge is 2.36. The van der Waals surface area contributed by atoms with Crippen molar-refractivity contribution in [1.29, 1.82) is 0 Å². The molecule has 5 nitrogen and oxygen atoms in total. The molecule has 6 heteroatoms. The molecule has 0 radical (unpaired) electrons. The van der Waals surface area contributed by atoms with Crippen LogP contribution in [0, 0.1) is 0 Å². The number of halogens is 1. The topological polar surface area (TPSA) is 72.2 Å². The van der Waals surface area contributed by atoms with Crippen LogP contribution in [0.25, 0.3) is 0 Å². The summed E-state index contributed by atoms with van der Waals surface area (Å²) < 4.78 is 7.95. The predicted molar refractivity (Wildman–Crippen MR) is 115 cm³/mol. The summed E-state index contributed by atoms with van der Waals surface area (Å²) in [6, 6.07) is 22.9. The maximum atomic E-state index is 9.95. The van der Waals surface area contributed by atoms with E-state index in [1.807, 2.05) is 53.1 Å². The van der Waals surface area contributed by atoms with Crippen LogP contribution in [0.2, 0.25) is 5.02 Å². The van der Waals surface area contributed by atoms with Gasteiger partial charge in [0.25, 0.3) is 0 Å². The first kappa shape index (κ1) is 18.5. The predicted octanol–water partition coefficient (Wildman–Crippen LogP) is 4.64. The van der Waals surface area contributed by atoms with E-state index < -0.39 is 0 Å². The molecule has 4 aromatic rings. The number of phenolic OH excluding ortho intramolecular Hbond substituents is 1. The van der Waals surface area contributed by atoms with Gasteiger partial charge in [-0.2, -0.15) is 0 Å². The van der Waals surface area contributed by atoms with Gasteiger partial charge in [-0.25, -0.2) is 4.57 Å². The second-order valence-electron chi connectivity index (χ2n) is 7.27. The molecule has 148 valence electrons. The van der Waals surface area contributed by atoms with Crippen molar-refractivity contribution in [1.82, 2.24) is 4.98 Å². The van der Waals surface area contributed by atoms with Crippen LogP contribution < -0.4 is 15.0 Å². The number of hydrogen-bond donors (Lipinski definition) is 2. The van der Waals surface area contributed by atoms with Gasteiger partial charge in [0.1, 0.15) is 17.1 Å². The molecular formula is C24H19ClN3O2+. The Hall–Kier alpha value is -3.57. The van der Waals surface area contributed by atoms with Crippen LogP contribution in [-0.2, 0) is 6.54 Å². The highest BCUT2D eigenvalue weighted by Crippen LogP contribution is 2.48. The average Bonchev–Trinajstić information content (AvgIpc) is 2.76. The fourth-order valence-electron chi connectivity index (χ4n) is 3.89. The molecule has 0 saturated heterocycles. The summed E-state index contributed by atoms with van der Waals surface area (Å²) >= 11 is 6.12. The summed E-state index contributed by atoms with van der Waals surface area (Å²) in [4.78, 5) is 4.55. The average molecular weight is 417 g/mol. The number of nitrogen functional groups attached to an aromatic ring is 1. The lowest BCUT2D eigenvalue weighted by atomic mass is 9.83. The number of rotatable bonds is 3. The van der Waals surface area contributed by atoms with Crippen LogP contribution in [0.1, 0.15) is 28.2 Å². The third-order valence-electron chi connectivity index (χ3n) is 5.33. The summed E-state index contributed by atoms with van der Waals surface area (Å²) in [6.07, 6.45) is 1.69. The maximum absolute atomic E-state index is 9.95. The quantitative estimate of drug-likeness (QED) is 0.420. The number of anilines is 1. The minimum Gasteiger partial charge on any atom is -0.508 e. The van der Waals surface area contributed by atoms with Gasteiger partial charge in [0.2, 0.25) is 12.1 Å². The molecule has 1 aromatic heterocycles. The first-order valence-electron chi connectivity index (χ1n) is 9.58. The molecule has 1 atom stereocenters. The van der Waals surface area contributed by atoms with Gasteiger partial charge in [-0.05, 0) is 29.3 Å². The lowest BCUT2D eigenvalue weighted by molar-refractivity contribution is -0.677. The molecule has 3 N–H and O–H groups in total. The third-order valence-corrected chi connectivity index (χ3v) is 5.58. The molecular weight excluding hydrogens is 398 g/mol. The van der Waals surface area contributed by atoms with Crippen molar-refractivity contribution >= 4 is 17.4 Å². The van der Waals surface area contributed by atoms with Crippen molar-refractivity contribution in [3.63, 3.8) is 0 Å². The van der Waals surface area contributed by atoms with E-state index in [1.54, 1.807) is 18.5 Å². The molecule has 1 aliphatic heterocycles. The molecule has 2 heterocycles. The summed E-state index contributed by atoms with van der Waals surface area (Å²) in [5, 5.41) is 10.6. The first-order valence-corrected chi connectivity index (χ1v) is 9.96. The van der Waals surface area contributed by atoms with E-state index in [-0.39, 0.29) is 11.7 Å². The smallest absolute Gasteiger partial charge is 0.306 e. The summed E-state index contributed by atoms with van der Waals surface area (Å²) in [5.41, 5.74) is 10.5. The fourth-order valence-corrected chi connectivity index (χ4v) is 4.01. The van der Waals surface area contributed by atoms with E-state index >= 15 is 0 Å². The molecule has 0 amide bonds. The highest BCUT2D eigenvalue weighted by molar-refractivity contribution is 6.30. The van der Waals surface area contributed by atoms with Crippen molar-refractivity contribution in [2.75, 3.05) is 5.73 Å². The zero-order valence-corrected chi connectivity index (χ0v) is 16.8. The summed E-state index contributed by atoms with van der Waals surface area (Å²) in [5.74, 6) is 1.53. The number of phenols is 1. The number of nitrogens with two attached hydrogens (primary N) is 1. The molecule has 30 heavy (non-hydrogen) atoms. The molecule has 0 spiro atoms. The number of aromatic hydroxyl groups is 1. The second kappa shape index (κ2) is 7.35. The van der Waals surface area contributed by atoms with Crippen LogP contribution in [0.15, 0.2) is 79.1 Å². The molecule has 0 aliphatic carbocycles. The second-order valence-corrected chi connectivity index (χ2v) is 7.71. The van der Waals surface area contributed by atoms with Gasteiger partial charge < -0.3 is 15.6 Å². The Kier molecular flexibility index (Phi) is 4.52. The van der Waals surface area contributed by atoms with Crippen LogP contribution in [0.4, 0.5) is 5.82 Å². The van der Waals surface area contributed by atoms with E-state index in [1.165, 1.54) is 0 Å².